The molecule has 2 N–H and O–H groups in total. The Morgan fingerprint density at radius 1 is 1.09 bits per heavy atom. The molecule has 3 heterocycles. The first kappa shape index (κ1) is 21.0. The lowest BCUT2D eigenvalue weighted by Gasteiger charge is -2.28. The molecule has 5 nitrogen and oxygen atoms in total. The van der Waals surface area contributed by atoms with Crippen LogP contribution in [0, 0.1) is 13.8 Å². The van der Waals surface area contributed by atoms with Crippen LogP contribution in [0.4, 0.5) is 5.69 Å². The van der Waals surface area contributed by atoms with Crippen molar-refractivity contribution in [1.29, 1.82) is 0 Å². The van der Waals surface area contributed by atoms with Crippen molar-refractivity contribution in [2.75, 3.05) is 18.4 Å². The zero-order valence-electron chi connectivity index (χ0n) is 18.8. The molecule has 32 heavy (non-hydrogen) atoms. The van der Waals surface area contributed by atoms with E-state index in [1.165, 1.54) is 29.8 Å². The summed E-state index contributed by atoms with van der Waals surface area (Å²) in [4.78, 5) is 7.06. The van der Waals surface area contributed by atoms with Crippen molar-refractivity contribution in [2.45, 2.75) is 51.2 Å². The molecule has 2 atom stereocenters. The number of nitrogens with one attached hydrogen (secondary N) is 2. The average Bonchev–Trinajstić information content (AvgIpc) is 3.53. The molecule has 1 saturated heterocycles. The lowest BCUT2D eigenvalue weighted by Crippen LogP contribution is -2.31. The van der Waals surface area contributed by atoms with Gasteiger partial charge in [0.05, 0.1) is 17.8 Å². The fraction of sp³-hybridized carbons (Fsp3) is 0.385. The molecule has 0 spiro atoms. The van der Waals surface area contributed by atoms with E-state index in [0.717, 1.165) is 36.0 Å². The Hall–Kier alpha value is -2.86. The first-order chi connectivity index (χ1) is 15.6. The van der Waals surface area contributed by atoms with Gasteiger partial charge in [-0.15, -0.1) is 0 Å². The van der Waals surface area contributed by atoms with Gasteiger partial charge in [-0.3, -0.25) is 4.98 Å². The molecular weight excluding hydrogens is 414 g/mol. The molecule has 1 aromatic carbocycles. The Morgan fingerprint density at radius 2 is 1.88 bits per heavy atom. The topological polar surface area (TPSA) is 45.1 Å². The van der Waals surface area contributed by atoms with E-state index >= 15 is 0 Å². The van der Waals surface area contributed by atoms with E-state index in [-0.39, 0.29) is 12.1 Å². The second kappa shape index (κ2) is 8.94. The van der Waals surface area contributed by atoms with Crippen LogP contribution in [-0.2, 0) is 0 Å². The van der Waals surface area contributed by atoms with Gasteiger partial charge in [-0.25, -0.2) is 0 Å². The van der Waals surface area contributed by atoms with E-state index in [2.05, 4.69) is 81.4 Å². The molecule has 5 rings (SSSR count). The van der Waals surface area contributed by atoms with Crippen molar-refractivity contribution < 1.29 is 0 Å². The third kappa shape index (κ3) is 4.11. The highest BCUT2D eigenvalue weighted by atomic mass is 32.1. The van der Waals surface area contributed by atoms with Crippen LogP contribution in [0.15, 0.2) is 60.8 Å². The van der Waals surface area contributed by atoms with E-state index in [9.17, 15) is 0 Å². The average molecular weight is 446 g/mol. The number of hydrogen-bond donors (Lipinski definition) is 2. The lowest BCUT2D eigenvalue weighted by atomic mass is 9.96. The summed E-state index contributed by atoms with van der Waals surface area (Å²) < 4.78 is 2.53. The third-order valence-electron chi connectivity index (χ3n) is 6.63. The number of para-hydroxylation sites is 1. The highest BCUT2D eigenvalue weighted by Crippen LogP contribution is 2.44. The van der Waals surface area contributed by atoms with Crippen molar-refractivity contribution in [3.05, 3.63) is 83.4 Å². The molecule has 6 heteroatoms. The standard InChI is InChI=1S/C26H31N5S/c1-18-17-22(19(2)31(18)21-12-13-21)25-24(23-11-6-7-14-28-23)29-26(32)30(25)16-8-15-27-20-9-4-3-5-10-20/h3-7,9-11,14,17,21,24-25,27H,8,12-13,15-16H2,1-2H3,(H,29,32)/t24-,25-/m1/s1. The van der Waals surface area contributed by atoms with Gasteiger partial charge in [0.1, 0.15) is 0 Å². The fourth-order valence-electron chi connectivity index (χ4n) is 5.02. The number of rotatable bonds is 8. The number of pyridine rings is 1. The molecule has 2 fully saturated rings. The maximum absolute atomic E-state index is 5.84. The third-order valence-corrected chi connectivity index (χ3v) is 6.98. The SMILES string of the molecule is Cc1cc([C@@H]2[C@@H](c3ccccn3)NC(=S)N2CCCNc2ccccc2)c(C)n1C1CC1. The molecule has 3 aromatic rings. The van der Waals surface area contributed by atoms with Crippen LogP contribution in [0.1, 0.15) is 60.0 Å². The first-order valence-corrected chi connectivity index (χ1v) is 12.0. The van der Waals surface area contributed by atoms with Gasteiger partial charge >= 0.3 is 0 Å². The van der Waals surface area contributed by atoms with Crippen LogP contribution in [0.3, 0.4) is 0 Å². The van der Waals surface area contributed by atoms with E-state index in [1.54, 1.807) is 0 Å². The van der Waals surface area contributed by atoms with Crippen molar-refractivity contribution in [3.8, 4) is 0 Å². The molecule has 1 saturated carbocycles. The van der Waals surface area contributed by atoms with Crippen molar-refractivity contribution in [3.63, 3.8) is 0 Å². The number of hydrogen-bond acceptors (Lipinski definition) is 3. The summed E-state index contributed by atoms with van der Waals surface area (Å²) in [5.41, 5.74) is 6.29. The van der Waals surface area contributed by atoms with E-state index in [4.69, 9.17) is 12.2 Å². The van der Waals surface area contributed by atoms with Gasteiger partial charge in [0.25, 0.3) is 0 Å². The van der Waals surface area contributed by atoms with Crippen molar-refractivity contribution in [2.24, 2.45) is 0 Å². The Bertz CT molecular complexity index is 1070. The predicted molar refractivity (Wildman–Crippen MR) is 134 cm³/mol. The summed E-state index contributed by atoms with van der Waals surface area (Å²) in [7, 11) is 0. The number of aryl methyl sites for hydroxylation is 1. The molecule has 0 unspecified atom stereocenters. The van der Waals surface area contributed by atoms with Gasteiger partial charge < -0.3 is 20.1 Å². The minimum Gasteiger partial charge on any atom is -0.385 e. The van der Waals surface area contributed by atoms with Crippen LogP contribution < -0.4 is 10.6 Å². The fourth-order valence-corrected chi connectivity index (χ4v) is 5.35. The number of nitrogens with zero attached hydrogens (tertiary/aromatic N) is 3. The summed E-state index contributed by atoms with van der Waals surface area (Å²) in [5, 5.41) is 7.94. The monoisotopic (exact) mass is 445 g/mol. The van der Waals surface area contributed by atoms with E-state index in [0.29, 0.717) is 6.04 Å². The zero-order valence-corrected chi connectivity index (χ0v) is 19.6. The Kier molecular flexibility index (Phi) is 5.87. The van der Waals surface area contributed by atoms with Gasteiger partial charge in [-0.05, 0) is 81.2 Å². The first-order valence-electron chi connectivity index (χ1n) is 11.6. The van der Waals surface area contributed by atoms with Crippen LogP contribution in [0.2, 0.25) is 0 Å². The summed E-state index contributed by atoms with van der Waals surface area (Å²) >= 11 is 5.84. The van der Waals surface area contributed by atoms with Gasteiger partial charge in [0.2, 0.25) is 0 Å². The minimum atomic E-state index is 0.0546. The Labute approximate surface area is 195 Å². The maximum Gasteiger partial charge on any atom is 0.170 e. The minimum absolute atomic E-state index is 0.0546. The molecule has 0 amide bonds. The normalized spacial score (nSPS) is 20.4. The molecule has 1 aliphatic carbocycles. The Morgan fingerprint density at radius 3 is 2.59 bits per heavy atom. The molecule has 166 valence electrons. The highest BCUT2D eigenvalue weighted by Gasteiger charge is 2.41. The summed E-state index contributed by atoms with van der Waals surface area (Å²) in [6, 6.07) is 19.8. The van der Waals surface area contributed by atoms with Crippen LogP contribution in [0.25, 0.3) is 0 Å². The van der Waals surface area contributed by atoms with Crippen LogP contribution in [-0.4, -0.2) is 32.7 Å². The zero-order chi connectivity index (χ0) is 22.1. The van der Waals surface area contributed by atoms with Gasteiger partial charge in [-0.2, -0.15) is 0 Å². The molecule has 2 aliphatic rings. The number of thiocarbonyl (C=S) groups is 1. The predicted octanol–water partition coefficient (Wildman–Crippen LogP) is 5.31. The summed E-state index contributed by atoms with van der Waals surface area (Å²) in [6.07, 6.45) is 5.45. The summed E-state index contributed by atoms with van der Waals surface area (Å²) in [6.45, 7) is 6.31. The second-order valence-electron chi connectivity index (χ2n) is 8.89. The molecule has 0 bridgehead atoms. The van der Waals surface area contributed by atoms with E-state index < -0.39 is 0 Å². The molecule has 2 aromatic heterocycles. The van der Waals surface area contributed by atoms with E-state index in [1.807, 2.05) is 18.3 Å². The Balaban J connectivity index is 1.40. The maximum atomic E-state index is 5.84. The van der Waals surface area contributed by atoms with Crippen molar-refractivity contribution in [1.82, 2.24) is 19.8 Å². The lowest BCUT2D eigenvalue weighted by molar-refractivity contribution is 0.315. The molecule has 1 aliphatic heterocycles. The quantitative estimate of drug-likeness (QED) is 0.363. The number of anilines is 1. The second-order valence-corrected chi connectivity index (χ2v) is 9.28. The highest BCUT2D eigenvalue weighted by molar-refractivity contribution is 7.80. The van der Waals surface area contributed by atoms with Gasteiger partial charge in [-0.1, -0.05) is 24.3 Å². The van der Waals surface area contributed by atoms with Crippen LogP contribution >= 0.6 is 12.2 Å². The number of benzene rings is 1. The van der Waals surface area contributed by atoms with Crippen LogP contribution in [0.5, 0.6) is 0 Å². The van der Waals surface area contributed by atoms with Crippen molar-refractivity contribution >= 4 is 23.0 Å². The largest absolute Gasteiger partial charge is 0.385 e. The smallest absolute Gasteiger partial charge is 0.170 e. The molecule has 0 radical (unpaired) electrons. The number of aromatic nitrogens is 2. The van der Waals surface area contributed by atoms with Gasteiger partial charge in [0.15, 0.2) is 5.11 Å². The summed E-state index contributed by atoms with van der Waals surface area (Å²) in [5.74, 6) is 0. The molecular formula is C26H31N5S. The van der Waals surface area contributed by atoms with Gasteiger partial charge in [0, 0.05) is 42.4 Å².